The van der Waals surface area contributed by atoms with E-state index >= 15 is 0 Å². The fourth-order valence-corrected chi connectivity index (χ4v) is 6.89. The Kier molecular flexibility index (Phi) is 9.56. The van der Waals surface area contributed by atoms with Crippen molar-refractivity contribution in [3.8, 4) is 11.5 Å². The molecular formula is C36H46N2O6. The van der Waals surface area contributed by atoms with Crippen molar-refractivity contribution in [1.29, 1.82) is 0 Å². The monoisotopic (exact) mass is 602 g/mol. The van der Waals surface area contributed by atoms with Crippen molar-refractivity contribution in [2.75, 3.05) is 33.1 Å². The molecule has 3 aliphatic rings. The smallest absolute Gasteiger partial charge is 0.128 e. The van der Waals surface area contributed by atoms with Gasteiger partial charge < -0.3 is 40.4 Å². The van der Waals surface area contributed by atoms with E-state index < -0.39 is 18.3 Å². The van der Waals surface area contributed by atoms with E-state index in [1.165, 1.54) is 12.1 Å². The standard InChI is InChI=1S/C36H46N2O6/c1-37(2)25-13-9-21(10-14-25)5-7-23-17-27(39)31(28(40)18-23)33-35(43)34(36(33)44)32-29(41)19-24(20-30(32)42)8-6-22-11-15-26(16-12-22)38(3)4/h5-10,13-14,17-18,22,24,26,29-30,35,39-44H,11-12,15-16,19-20H2,1-4H3/b7-5+,8-6+,34-32?. The first-order chi connectivity index (χ1) is 20.9. The number of rotatable bonds is 7. The van der Waals surface area contributed by atoms with Gasteiger partial charge in [0.15, 0.2) is 0 Å². The Hall–Kier alpha value is -3.56. The number of nitrogens with zero attached hydrogens (tertiary/aromatic N) is 2. The third kappa shape index (κ3) is 6.59. The Labute approximate surface area is 260 Å². The summed E-state index contributed by atoms with van der Waals surface area (Å²) in [5.74, 6) is -0.454. The lowest BCUT2D eigenvalue weighted by Crippen LogP contribution is -2.39. The van der Waals surface area contributed by atoms with Gasteiger partial charge in [-0.25, -0.2) is 0 Å². The number of aromatic hydroxyl groups is 2. The van der Waals surface area contributed by atoms with Crippen molar-refractivity contribution in [2.24, 2.45) is 11.8 Å². The number of hydrogen-bond acceptors (Lipinski definition) is 8. The summed E-state index contributed by atoms with van der Waals surface area (Å²) in [7, 11) is 8.19. The maximum absolute atomic E-state index is 11.1. The molecular weight excluding hydrogens is 556 g/mol. The van der Waals surface area contributed by atoms with Crippen molar-refractivity contribution in [3.63, 3.8) is 0 Å². The van der Waals surface area contributed by atoms with Gasteiger partial charge in [-0.05, 0) is 105 Å². The summed E-state index contributed by atoms with van der Waals surface area (Å²) >= 11 is 0. The number of aliphatic hydroxyl groups is 4. The zero-order chi connectivity index (χ0) is 31.7. The molecule has 6 N–H and O–H groups in total. The topological polar surface area (TPSA) is 128 Å². The second kappa shape index (κ2) is 13.2. The molecule has 44 heavy (non-hydrogen) atoms. The molecule has 0 spiro atoms. The highest BCUT2D eigenvalue weighted by molar-refractivity contribution is 5.91. The van der Waals surface area contributed by atoms with E-state index in [-0.39, 0.29) is 45.5 Å². The summed E-state index contributed by atoms with van der Waals surface area (Å²) in [5, 5.41) is 65.7. The van der Waals surface area contributed by atoms with Gasteiger partial charge in [0.25, 0.3) is 0 Å². The summed E-state index contributed by atoms with van der Waals surface area (Å²) in [6, 6.07) is 11.4. The minimum absolute atomic E-state index is 0.0154. The first-order valence-electron chi connectivity index (χ1n) is 15.5. The molecule has 8 nitrogen and oxygen atoms in total. The maximum Gasteiger partial charge on any atom is 0.128 e. The molecule has 2 saturated carbocycles. The van der Waals surface area contributed by atoms with Gasteiger partial charge in [-0.15, -0.1) is 0 Å². The molecule has 0 radical (unpaired) electrons. The number of hydrogen-bond donors (Lipinski definition) is 6. The summed E-state index contributed by atoms with van der Waals surface area (Å²) in [6.45, 7) is 0. The molecule has 0 amide bonds. The average molecular weight is 603 g/mol. The molecule has 236 valence electrons. The first-order valence-corrected chi connectivity index (χ1v) is 15.5. The van der Waals surface area contributed by atoms with Crippen LogP contribution in [-0.2, 0) is 0 Å². The van der Waals surface area contributed by atoms with Crippen LogP contribution in [0.2, 0.25) is 0 Å². The lowest BCUT2D eigenvalue weighted by molar-refractivity contribution is 0.0758. The van der Waals surface area contributed by atoms with E-state index in [1.54, 1.807) is 6.08 Å². The molecule has 0 aromatic heterocycles. The van der Waals surface area contributed by atoms with Gasteiger partial charge in [0.1, 0.15) is 23.4 Å². The van der Waals surface area contributed by atoms with Crippen LogP contribution in [0, 0.1) is 11.8 Å². The van der Waals surface area contributed by atoms with E-state index in [4.69, 9.17) is 0 Å². The van der Waals surface area contributed by atoms with Gasteiger partial charge in [0.2, 0.25) is 0 Å². The van der Waals surface area contributed by atoms with Gasteiger partial charge in [0.05, 0.1) is 17.8 Å². The minimum atomic E-state index is -1.37. The fourth-order valence-electron chi connectivity index (χ4n) is 6.89. The van der Waals surface area contributed by atoms with Crippen molar-refractivity contribution < 1.29 is 30.6 Å². The number of phenols is 2. The van der Waals surface area contributed by atoms with Crippen LogP contribution in [0.3, 0.4) is 0 Å². The first kappa shape index (κ1) is 31.9. The molecule has 5 rings (SSSR count). The second-order valence-electron chi connectivity index (χ2n) is 13.0. The molecule has 0 aliphatic heterocycles. The Bertz CT molecular complexity index is 1430. The predicted octanol–water partition coefficient (Wildman–Crippen LogP) is 5.08. The van der Waals surface area contributed by atoms with Crippen LogP contribution in [0.15, 0.2) is 65.5 Å². The number of allylic oxidation sites excluding steroid dienone is 2. The highest BCUT2D eigenvalue weighted by Crippen LogP contribution is 2.50. The van der Waals surface area contributed by atoms with Gasteiger partial charge in [-0.2, -0.15) is 0 Å². The van der Waals surface area contributed by atoms with Gasteiger partial charge in [-0.3, -0.25) is 0 Å². The van der Waals surface area contributed by atoms with Crippen LogP contribution in [0.4, 0.5) is 5.69 Å². The molecule has 0 bridgehead atoms. The summed E-state index contributed by atoms with van der Waals surface area (Å²) < 4.78 is 0. The molecule has 0 saturated heterocycles. The van der Waals surface area contributed by atoms with E-state index in [1.807, 2.05) is 49.3 Å². The van der Waals surface area contributed by atoms with Crippen LogP contribution >= 0.6 is 0 Å². The zero-order valence-electron chi connectivity index (χ0n) is 26.1. The lowest BCUT2D eigenvalue weighted by Gasteiger charge is -2.38. The van der Waals surface area contributed by atoms with Crippen LogP contribution in [0.25, 0.3) is 17.7 Å². The Morgan fingerprint density at radius 1 is 0.682 bits per heavy atom. The minimum Gasteiger partial charge on any atom is -0.507 e. The quantitative estimate of drug-likeness (QED) is 0.191. The molecule has 8 heteroatoms. The zero-order valence-corrected chi connectivity index (χ0v) is 26.1. The maximum atomic E-state index is 11.1. The van der Waals surface area contributed by atoms with Crippen molar-refractivity contribution >= 4 is 23.4 Å². The van der Waals surface area contributed by atoms with Crippen LogP contribution in [0.1, 0.15) is 55.2 Å². The van der Waals surface area contributed by atoms with E-state index in [9.17, 15) is 30.6 Å². The van der Waals surface area contributed by atoms with E-state index in [2.05, 4.69) is 31.1 Å². The van der Waals surface area contributed by atoms with Crippen LogP contribution in [0.5, 0.6) is 11.5 Å². The summed E-state index contributed by atoms with van der Waals surface area (Å²) in [6.07, 6.45) is 9.84. The molecule has 2 fully saturated rings. The normalized spacial score (nSPS) is 27.9. The lowest BCUT2D eigenvalue weighted by atomic mass is 9.72. The third-order valence-corrected chi connectivity index (χ3v) is 9.53. The molecule has 0 heterocycles. The van der Waals surface area contributed by atoms with Crippen molar-refractivity contribution in [3.05, 3.63) is 82.1 Å². The Morgan fingerprint density at radius 2 is 1.23 bits per heavy atom. The van der Waals surface area contributed by atoms with Crippen LogP contribution < -0.4 is 4.90 Å². The SMILES string of the molecule is CN(C)c1ccc(/C=C/c2cc(O)c(C3=C(O)C(=C4C(O)CC(/C=C/C5CCC(N(C)C)CC5)CC4O)C3O)c(O)c2)cc1. The fraction of sp³-hybridized carbons (Fsp3) is 0.444. The molecule has 2 aromatic carbocycles. The third-order valence-electron chi connectivity index (χ3n) is 9.53. The van der Waals surface area contributed by atoms with Crippen molar-refractivity contribution in [1.82, 2.24) is 4.90 Å². The Morgan fingerprint density at radius 3 is 1.75 bits per heavy atom. The predicted molar refractivity (Wildman–Crippen MR) is 175 cm³/mol. The Balaban J connectivity index is 1.29. The number of benzene rings is 2. The summed E-state index contributed by atoms with van der Waals surface area (Å²) in [4.78, 5) is 4.29. The number of anilines is 1. The second-order valence-corrected chi connectivity index (χ2v) is 13.0. The summed E-state index contributed by atoms with van der Waals surface area (Å²) in [5.41, 5.74) is 2.71. The van der Waals surface area contributed by atoms with Gasteiger partial charge in [0, 0.05) is 37.0 Å². The highest BCUT2D eigenvalue weighted by atomic mass is 16.3. The van der Waals surface area contributed by atoms with Gasteiger partial charge in [-0.1, -0.05) is 36.4 Å². The van der Waals surface area contributed by atoms with E-state index in [0.29, 0.717) is 30.4 Å². The number of aliphatic hydroxyl groups excluding tert-OH is 4. The highest BCUT2D eigenvalue weighted by Gasteiger charge is 2.44. The number of phenolic OH excluding ortho intramolecular Hbond substituents is 2. The average Bonchev–Trinajstić information content (AvgIpc) is 2.98. The van der Waals surface area contributed by atoms with E-state index in [0.717, 1.165) is 36.9 Å². The molecule has 3 unspecified atom stereocenters. The van der Waals surface area contributed by atoms with Crippen molar-refractivity contribution in [2.45, 2.75) is 62.9 Å². The largest absolute Gasteiger partial charge is 0.507 e. The molecule has 2 aromatic rings. The molecule has 3 aliphatic carbocycles. The van der Waals surface area contributed by atoms with Gasteiger partial charge >= 0.3 is 0 Å². The molecule has 3 atom stereocenters. The van der Waals surface area contributed by atoms with Crippen LogP contribution in [-0.4, -0.2) is 88.1 Å².